The lowest BCUT2D eigenvalue weighted by atomic mass is 9.72. The second-order valence-corrected chi connectivity index (χ2v) is 9.30. The van der Waals surface area contributed by atoms with Gasteiger partial charge in [-0.2, -0.15) is 0 Å². The first-order valence-corrected chi connectivity index (χ1v) is 11.6. The number of carboxylic acid groups (broad SMARTS) is 1. The summed E-state index contributed by atoms with van der Waals surface area (Å²) >= 11 is 6.38. The van der Waals surface area contributed by atoms with Crippen LogP contribution in [0.1, 0.15) is 43.6 Å². The van der Waals surface area contributed by atoms with Gasteiger partial charge < -0.3 is 15.1 Å². The van der Waals surface area contributed by atoms with E-state index in [2.05, 4.69) is 29.2 Å². The van der Waals surface area contributed by atoms with E-state index < -0.39 is 11.7 Å². The molecular formula is C25H31ClN2O3. The van der Waals surface area contributed by atoms with Crippen molar-refractivity contribution in [3.8, 4) is 11.1 Å². The van der Waals surface area contributed by atoms with E-state index in [4.69, 9.17) is 11.6 Å². The van der Waals surface area contributed by atoms with Crippen LogP contribution in [-0.4, -0.2) is 64.4 Å². The van der Waals surface area contributed by atoms with Crippen molar-refractivity contribution in [1.29, 1.82) is 0 Å². The number of hydrogen-bond donors (Lipinski definition) is 2. The van der Waals surface area contributed by atoms with Crippen LogP contribution in [0.5, 0.6) is 0 Å². The molecule has 2 N–H and O–H groups in total. The second-order valence-electron chi connectivity index (χ2n) is 8.89. The Bertz CT molecular complexity index is 888. The Morgan fingerprint density at radius 1 is 0.968 bits per heavy atom. The first-order valence-electron chi connectivity index (χ1n) is 11.2. The van der Waals surface area contributed by atoms with E-state index in [1.165, 1.54) is 11.3 Å². The third-order valence-electron chi connectivity index (χ3n) is 6.95. The molecule has 0 spiro atoms. The first kappa shape index (κ1) is 22.1. The van der Waals surface area contributed by atoms with Crippen molar-refractivity contribution in [2.75, 3.05) is 32.7 Å². The summed E-state index contributed by atoms with van der Waals surface area (Å²) in [5.41, 5.74) is 2.50. The molecular weight excluding hydrogens is 412 g/mol. The molecule has 5 nitrogen and oxygen atoms in total. The van der Waals surface area contributed by atoms with Crippen LogP contribution in [0.2, 0.25) is 5.02 Å². The summed E-state index contributed by atoms with van der Waals surface area (Å²) in [4.78, 5) is 15.0. The summed E-state index contributed by atoms with van der Waals surface area (Å²) in [5.74, 6) is 0.00414. The topological polar surface area (TPSA) is 64.0 Å². The van der Waals surface area contributed by atoms with Crippen LogP contribution >= 0.6 is 11.6 Å². The third kappa shape index (κ3) is 5.05. The molecule has 1 amide bonds. The summed E-state index contributed by atoms with van der Waals surface area (Å²) < 4.78 is 0. The number of aliphatic hydroxyl groups is 1. The van der Waals surface area contributed by atoms with E-state index in [1.807, 2.05) is 24.3 Å². The van der Waals surface area contributed by atoms with Gasteiger partial charge in [0.05, 0.1) is 5.60 Å². The molecule has 1 saturated carbocycles. The molecule has 0 radical (unpaired) electrons. The Morgan fingerprint density at radius 3 is 2.23 bits per heavy atom. The van der Waals surface area contributed by atoms with E-state index in [-0.39, 0.29) is 5.92 Å². The van der Waals surface area contributed by atoms with Gasteiger partial charge in [0.25, 0.3) is 0 Å². The van der Waals surface area contributed by atoms with Crippen LogP contribution < -0.4 is 0 Å². The molecule has 1 unspecified atom stereocenters. The van der Waals surface area contributed by atoms with Gasteiger partial charge in [-0.15, -0.1) is 0 Å². The molecule has 2 aliphatic rings. The molecule has 0 bridgehead atoms. The van der Waals surface area contributed by atoms with Gasteiger partial charge in [0, 0.05) is 49.2 Å². The van der Waals surface area contributed by atoms with Crippen LogP contribution in [0.4, 0.5) is 4.79 Å². The lowest BCUT2D eigenvalue weighted by Gasteiger charge is -2.43. The fraction of sp³-hybridized carbons (Fsp3) is 0.480. The fourth-order valence-electron chi connectivity index (χ4n) is 5.07. The van der Waals surface area contributed by atoms with Crippen LogP contribution in [0.15, 0.2) is 48.5 Å². The van der Waals surface area contributed by atoms with E-state index in [0.717, 1.165) is 53.9 Å². The Morgan fingerprint density at radius 2 is 1.61 bits per heavy atom. The highest BCUT2D eigenvalue weighted by Gasteiger charge is 2.40. The second kappa shape index (κ2) is 9.60. The van der Waals surface area contributed by atoms with Crippen molar-refractivity contribution in [2.45, 2.75) is 43.6 Å². The number of carbonyl (C=O) groups is 1. The van der Waals surface area contributed by atoms with Crippen LogP contribution in [0.3, 0.4) is 0 Å². The predicted octanol–water partition coefficient (Wildman–Crippen LogP) is 5.08. The number of amides is 1. The maximum absolute atomic E-state index is 11.6. The predicted molar refractivity (Wildman–Crippen MR) is 124 cm³/mol. The Labute approximate surface area is 189 Å². The van der Waals surface area contributed by atoms with E-state index >= 15 is 0 Å². The summed E-state index contributed by atoms with van der Waals surface area (Å²) in [6.07, 6.45) is 4.07. The smallest absolute Gasteiger partial charge is 0.407 e. The average molecular weight is 443 g/mol. The van der Waals surface area contributed by atoms with Crippen molar-refractivity contribution in [3.63, 3.8) is 0 Å². The summed E-state index contributed by atoms with van der Waals surface area (Å²) in [7, 11) is 0. The highest BCUT2D eigenvalue weighted by atomic mass is 35.5. The van der Waals surface area contributed by atoms with Crippen LogP contribution in [-0.2, 0) is 0 Å². The number of halogens is 1. The van der Waals surface area contributed by atoms with Crippen molar-refractivity contribution >= 4 is 17.7 Å². The van der Waals surface area contributed by atoms with Crippen molar-refractivity contribution in [2.24, 2.45) is 0 Å². The van der Waals surface area contributed by atoms with Crippen molar-refractivity contribution in [1.82, 2.24) is 9.80 Å². The number of piperazine rings is 1. The molecule has 1 aliphatic carbocycles. The van der Waals surface area contributed by atoms with Gasteiger partial charge in [0.15, 0.2) is 0 Å². The Balaban J connectivity index is 1.56. The van der Waals surface area contributed by atoms with Gasteiger partial charge in [0.2, 0.25) is 0 Å². The summed E-state index contributed by atoms with van der Waals surface area (Å²) in [6, 6.07) is 16.3. The number of benzene rings is 2. The molecule has 0 aromatic heterocycles. The molecule has 6 heteroatoms. The number of hydrogen-bond acceptors (Lipinski definition) is 3. The first-order chi connectivity index (χ1) is 15.0. The van der Waals surface area contributed by atoms with Gasteiger partial charge in [0.1, 0.15) is 0 Å². The molecule has 2 aromatic carbocycles. The van der Waals surface area contributed by atoms with E-state index in [1.54, 1.807) is 0 Å². The monoisotopic (exact) mass is 442 g/mol. The molecule has 1 aliphatic heterocycles. The van der Waals surface area contributed by atoms with Gasteiger partial charge in [-0.25, -0.2) is 4.79 Å². The quantitative estimate of drug-likeness (QED) is 0.677. The highest BCUT2D eigenvalue weighted by Crippen LogP contribution is 2.41. The third-order valence-corrected chi connectivity index (χ3v) is 7.28. The van der Waals surface area contributed by atoms with Crippen LogP contribution in [0.25, 0.3) is 11.1 Å². The minimum Gasteiger partial charge on any atom is -0.465 e. The molecule has 1 heterocycles. The van der Waals surface area contributed by atoms with Crippen LogP contribution in [0, 0.1) is 0 Å². The largest absolute Gasteiger partial charge is 0.465 e. The molecule has 1 saturated heterocycles. The molecule has 2 aromatic rings. The minimum atomic E-state index is -0.850. The fourth-order valence-corrected chi connectivity index (χ4v) is 5.31. The number of nitrogens with zero attached hydrogens (tertiary/aromatic N) is 2. The molecule has 1 atom stereocenters. The van der Waals surface area contributed by atoms with Gasteiger partial charge in [-0.05, 0) is 30.0 Å². The zero-order valence-electron chi connectivity index (χ0n) is 17.8. The van der Waals surface area contributed by atoms with Crippen molar-refractivity contribution in [3.05, 3.63) is 59.1 Å². The van der Waals surface area contributed by atoms with E-state index in [0.29, 0.717) is 26.2 Å². The lowest BCUT2D eigenvalue weighted by Crippen LogP contribution is -2.51. The standard InChI is InChI=1S/C25H31ClN2O3/c26-23-7-3-2-6-21(23)19-8-10-20(11-9-19)22(25(31)12-4-1-5-13-25)18-27-14-16-28(17-15-27)24(29)30/h2-3,6-11,22,31H,1,4-5,12-18H2,(H,29,30). The molecule has 166 valence electrons. The van der Waals surface area contributed by atoms with Gasteiger partial charge >= 0.3 is 6.09 Å². The molecule has 4 rings (SSSR count). The normalized spacial score (nSPS) is 20.4. The Kier molecular flexibility index (Phi) is 6.85. The zero-order chi connectivity index (χ0) is 21.8. The highest BCUT2D eigenvalue weighted by molar-refractivity contribution is 6.33. The molecule has 31 heavy (non-hydrogen) atoms. The average Bonchev–Trinajstić information content (AvgIpc) is 2.79. The SMILES string of the molecule is O=C(O)N1CCN(CC(c2ccc(-c3ccccc3Cl)cc2)C2(O)CCCCC2)CC1. The zero-order valence-corrected chi connectivity index (χ0v) is 18.6. The summed E-state index contributed by atoms with van der Waals surface area (Å²) in [6.45, 7) is 3.19. The maximum atomic E-state index is 11.6. The van der Waals surface area contributed by atoms with Gasteiger partial charge in [-0.1, -0.05) is 73.3 Å². The lowest BCUT2D eigenvalue weighted by molar-refractivity contribution is -0.0338. The minimum absolute atomic E-state index is 0.00414. The van der Waals surface area contributed by atoms with Gasteiger partial charge in [-0.3, -0.25) is 4.90 Å². The Hall–Kier alpha value is -2.08. The van der Waals surface area contributed by atoms with Crippen molar-refractivity contribution < 1.29 is 15.0 Å². The molecule has 2 fully saturated rings. The number of rotatable bonds is 5. The summed E-state index contributed by atoms with van der Waals surface area (Å²) in [5, 5.41) is 21.6. The van der Waals surface area contributed by atoms with E-state index in [9.17, 15) is 15.0 Å². The maximum Gasteiger partial charge on any atom is 0.407 e.